The molecule has 1 N–H and O–H groups in total. The molecule has 3 nitrogen and oxygen atoms in total. The Kier molecular flexibility index (Phi) is 5.67. The molecule has 1 aliphatic heterocycles. The summed E-state index contributed by atoms with van der Waals surface area (Å²) in [4.78, 5) is 2.63. The maximum absolute atomic E-state index is 5.71. The third kappa shape index (κ3) is 3.93. The molecule has 2 rings (SSSR count). The van der Waals surface area contributed by atoms with Crippen molar-refractivity contribution in [3.05, 3.63) is 0 Å². The Morgan fingerprint density at radius 2 is 2.11 bits per heavy atom. The van der Waals surface area contributed by atoms with Crippen molar-refractivity contribution >= 4 is 0 Å². The minimum Gasteiger partial charge on any atom is -0.381 e. The largest absolute Gasteiger partial charge is 0.381 e. The summed E-state index contributed by atoms with van der Waals surface area (Å²) in [5.41, 5.74) is 0.349. The molecular formula is C16H32N2O. The van der Waals surface area contributed by atoms with Gasteiger partial charge in [0.1, 0.15) is 0 Å². The van der Waals surface area contributed by atoms with Crippen LogP contribution in [0.15, 0.2) is 0 Å². The molecule has 1 saturated heterocycles. The molecule has 1 heterocycles. The fourth-order valence-electron chi connectivity index (χ4n) is 3.96. The molecular weight excluding hydrogens is 236 g/mol. The fourth-order valence-corrected chi connectivity index (χ4v) is 3.96. The van der Waals surface area contributed by atoms with E-state index in [-0.39, 0.29) is 0 Å². The summed E-state index contributed by atoms with van der Waals surface area (Å²) in [7, 11) is 2.33. The SMILES string of the molecule is CCNCC1(CN(C)C2CCCCC2C)CCOC1. The summed E-state index contributed by atoms with van der Waals surface area (Å²) in [6.45, 7) is 9.86. The highest BCUT2D eigenvalue weighted by atomic mass is 16.5. The van der Waals surface area contributed by atoms with Crippen molar-refractivity contribution in [3.63, 3.8) is 0 Å². The van der Waals surface area contributed by atoms with Crippen molar-refractivity contribution in [2.24, 2.45) is 11.3 Å². The quantitative estimate of drug-likeness (QED) is 0.801. The van der Waals surface area contributed by atoms with E-state index in [0.29, 0.717) is 5.41 Å². The predicted octanol–water partition coefficient (Wildman–Crippen LogP) is 2.51. The lowest BCUT2D eigenvalue weighted by Gasteiger charge is -2.41. The summed E-state index contributed by atoms with van der Waals surface area (Å²) in [6.07, 6.45) is 6.85. The molecule has 0 radical (unpaired) electrons. The minimum atomic E-state index is 0.349. The molecule has 0 aromatic heterocycles. The van der Waals surface area contributed by atoms with Crippen molar-refractivity contribution < 1.29 is 4.74 Å². The van der Waals surface area contributed by atoms with Gasteiger partial charge in [-0.15, -0.1) is 0 Å². The topological polar surface area (TPSA) is 24.5 Å². The number of hydrogen-bond donors (Lipinski definition) is 1. The molecule has 2 fully saturated rings. The first-order valence-corrected chi connectivity index (χ1v) is 8.15. The third-order valence-electron chi connectivity index (χ3n) is 5.15. The smallest absolute Gasteiger partial charge is 0.0547 e. The van der Waals surface area contributed by atoms with E-state index >= 15 is 0 Å². The zero-order chi connectivity index (χ0) is 13.7. The Balaban J connectivity index is 1.92. The van der Waals surface area contributed by atoms with Crippen LogP contribution in [0, 0.1) is 11.3 Å². The van der Waals surface area contributed by atoms with Crippen molar-refractivity contribution in [2.45, 2.75) is 52.0 Å². The molecule has 1 aliphatic carbocycles. The van der Waals surface area contributed by atoms with E-state index in [4.69, 9.17) is 4.74 Å². The normalized spacial score (nSPS) is 36.0. The van der Waals surface area contributed by atoms with Crippen molar-refractivity contribution in [1.82, 2.24) is 10.2 Å². The van der Waals surface area contributed by atoms with Crippen LogP contribution in [0.4, 0.5) is 0 Å². The molecule has 1 saturated carbocycles. The molecule has 0 aromatic carbocycles. The van der Waals surface area contributed by atoms with E-state index in [2.05, 4.69) is 31.1 Å². The fraction of sp³-hybridized carbons (Fsp3) is 1.00. The Morgan fingerprint density at radius 3 is 2.74 bits per heavy atom. The molecule has 3 unspecified atom stereocenters. The maximum atomic E-state index is 5.71. The molecule has 3 atom stereocenters. The molecule has 0 amide bonds. The van der Waals surface area contributed by atoms with Gasteiger partial charge in [-0.1, -0.05) is 26.7 Å². The highest BCUT2D eigenvalue weighted by Gasteiger charge is 2.37. The van der Waals surface area contributed by atoms with Crippen LogP contribution < -0.4 is 5.32 Å². The van der Waals surface area contributed by atoms with E-state index in [1.807, 2.05) is 0 Å². The van der Waals surface area contributed by atoms with Crippen LogP contribution >= 0.6 is 0 Å². The Labute approximate surface area is 119 Å². The highest BCUT2D eigenvalue weighted by Crippen LogP contribution is 2.33. The average molecular weight is 268 g/mol. The van der Waals surface area contributed by atoms with Gasteiger partial charge in [0.15, 0.2) is 0 Å². The van der Waals surface area contributed by atoms with Crippen LogP contribution in [0.25, 0.3) is 0 Å². The van der Waals surface area contributed by atoms with Gasteiger partial charge in [0.05, 0.1) is 6.61 Å². The molecule has 3 heteroatoms. The van der Waals surface area contributed by atoms with Gasteiger partial charge in [-0.25, -0.2) is 0 Å². The number of rotatable bonds is 6. The lowest BCUT2D eigenvalue weighted by Crippen LogP contribution is -2.48. The molecule has 2 aliphatic rings. The first-order valence-electron chi connectivity index (χ1n) is 8.15. The molecule has 112 valence electrons. The Bertz CT molecular complexity index is 263. The number of hydrogen-bond acceptors (Lipinski definition) is 3. The summed E-state index contributed by atoms with van der Waals surface area (Å²) >= 11 is 0. The Morgan fingerprint density at radius 1 is 1.32 bits per heavy atom. The van der Waals surface area contributed by atoms with Gasteiger partial charge >= 0.3 is 0 Å². The number of nitrogens with zero attached hydrogens (tertiary/aromatic N) is 1. The first kappa shape index (κ1) is 15.3. The lowest BCUT2D eigenvalue weighted by atomic mass is 9.82. The standard InChI is InChI=1S/C16H32N2O/c1-4-17-11-16(9-10-19-13-16)12-18(3)15-8-6-5-7-14(15)2/h14-15,17H,4-13H2,1-3H3. The second kappa shape index (κ2) is 7.05. The summed E-state index contributed by atoms with van der Waals surface area (Å²) in [5, 5.41) is 3.54. The van der Waals surface area contributed by atoms with E-state index < -0.39 is 0 Å². The molecule has 19 heavy (non-hydrogen) atoms. The van der Waals surface area contributed by atoms with Crippen molar-refractivity contribution in [3.8, 4) is 0 Å². The average Bonchev–Trinajstić information content (AvgIpc) is 2.86. The van der Waals surface area contributed by atoms with Crippen LogP contribution in [0.1, 0.15) is 46.0 Å². The first-order chi connectivity index (χ1) is 9.17. The summed E-state index contributed by atoms with van der Waals surface area (Å²) in [6, 6.07) is 0.785. The second-order valence-electron chi connectivity index (χ2n) is 6.83. The second-order valence-corrected chi connectivity index (χ2v) is 6.83. The minimum absolute atomic E-state index is 0.349. The summed E-state index contributed by atoms with van der Waals surface area (Å²) in [5.74, 6) is 0.859. The predicted molar refractivity (Wildman–Crippen MR) is 80.5 cm³/mol. The van der Waals surface area contributed by atoms with Crippen LogP contribution in [0.2, 0.25) is 0 Å². The van der Waals surface area contributed by atoms with Gasteiger partial charge in [0.2, 0.25) is 0 Å². The number of nitrogens with one attached hydrogen (secondary N) is 1. The molecule has 0 aromatic rings. The Hall–Kier alpha value is -0.120. The highest BCUT2D eigenvalue weighted by molar-refractivity contribution is 4.90. The third-order valence-corrected chi connectivity index (χ3v) is 5.15. The van der Waals surface area contributed by atoms with E-state index in [0.717, 1.165) is 38.3 Å². The van der Waals surface area contributed by atoms with Gasteiger partial charge in [-0.05, 0) is 38.8 Å². The van der Waals surface area contributed by atoms with Crippen LogP contribution in [0.5, 0.6) is 0 Å². The maximum Gasteiger partial charge on any atom is 0.0547 e. The summed E-state index contributed by atoms with van der Waals surface area (Å²) < 4.78 is 5.71. The van der Waals surface area contributed by atoms with E-state index in [9.17, 15) is 0 Å². The van der Waals surface area contributed by atoms with E-state index in [1.165, 1.54) is 38.6 Å². The molecule has 0 bridgehead atoms. The van der Waals surface area contributed by atoms with Crippen LogP contribution in [-0.4, -0.2) is 50.8 Å². The molecule has 0 spiro atoms. The van der Waals surface area contributed by atoms with Gasteiger partial charge < -0.3 is 15.0 Å². The van der Waals surface area contributed by atoms with Crippen molar-refractivity contribution in [1.29, 1.82) is 0 Å². The lowest BCUT2D eigenvalue weighted by molar-refractivity contribution is 0.0698. The zero-order valence-corrected chi connectivity index (χ0v) is 13.1. The monoisotopic (exact) mass is 268 g/mol. The van der Waals surface area contributed by atoms with Gasteiger partial charge in [-0.2, -0.15) is 0 Å². The van der Waals surface area contributed by atoms with E-state index in [1.54, 1.807) is 0 Å². The zero-order valence-electron chi connectivity index (χ0n) is 13.1. The van der Waals surface area contributed by atoms with Crippen LogP contribution in [-0.2, 0) is 4.74 Å². The van der Waals surface area contributed by atoms with Crippen molar-refractivity contribution in [2.75, 3.05) is 39.9 Å². The van der Waals surface area contributed by atoms with Crippen LogP contribution in [0.3, 0.4) is 0 Å². The van der Waals surface area contributed by atoms with Gasteiger partial charge in [0.25, 0.3) is 0 Å². The van der Waals surface area contributed by atoms with Gasteiger partial charge in [0, 0.05) is 31.2 Å². The number of ether oxygens (including phenoxy) is 1. The van der Waals surface area contributed by atoms with Gasteiger partial charge in [-0.3, -0.25) is 0 Å².